The molecule has 1 aromatic heterocycles. The van der Waals surface area contributed by atoms with Crippen molar-refractivity contribution in [2.75, 3.05) is 6.54 Å². The zero-order valence-electron chi connectivity index (χ0n) is 18.4. The van der Waals surface area contributed by atoms with Gasteiger partial charge in [-0.3, -0.25) is 4.79 Å². The number of rotatable bonds is 16. The van der Waals surface area contributed by atoms with Crippen molar-refractivity contribution >= 4 is 5.91 Å². The number of hydrogen-bond donors (Lipinski definition) is 1. The highest BCUT2D eigenvalue weighted by atomic mass is 16.1. The van der Waals surface area contributed by atoms with E-state index in [-0.39, 0.29) is 5.91 Å². The van der Waals surface area contributed by atoms with E-state index in [1.165, 1.54) is 77.0 Å². The summed E-state index contributed by atoms with van der Waals surface area (Å²) in [6.45, 7) is 6.85. The van der Waals surface area contributed by atoms with E-state index in [0.29, 0.717) is 6.54 Å². The molecule has 0 radical (unpaired) electrons. The Hall–Kier alpha value is -1.32. The van der Waals surface area contributed by atoms with Gasteiger partial charge in [0.05, 0.1) is 5.69 Å². The van der Waals surface area contributed by atoms with Crippen LogP contribution in [0.15, 0.2) is 0 Å². The average Bonchev–Trinajstić information content (AvgIpc) is 2.93. The summed E-state index contributed by atoms with van der Waals surface area (Å²) >= 11 is 0. The van der Waals surface area contributed by atoms with Gasteiger partial charge in [0.25, 0.3) is 5.91 Å². The number of aromatic nitrogens is 2. The van der Waals surface area contributed by atoms with Crippen molar-refractivity contribution in [3.05, 3.63) is 17.2 Å². The molecule has 0 saturated heterocycles. The molecular weight excluding hydrogens is 334 g/mol. The van der Waals surface area contributed by atoms with E-state index in [9.17, 15) is 4.79 Å². The Balaban J connectivity index is 2.10. The maximum absolute atomic E-state index is 12.3. The molecule has 0 aliphatic heterocycles. The summed E-state index contributed by atoms with van der Waals surface area (Å²) in [6, 6.07) is 0. The van der Waals surface area contributed by atoms with E-state index < -0.39 is 0 Å². The number of carbonyl (C=O) groups excluding carboxylic acids is 1. The number of unbranched alkanes of at least 4 members (excludes halogenated alkanes) is 12. The van der Waals surface area contributed by atoms with E-state index in [1.54, 1.807) is 0 Å². The SMILES string of the molecule is CCCCCCCCCCCCCCCc1nc(C)n(C)c1C(=O)NCC. The quantitative estimate of drug-likeness (QED) is 0.353. The van der Waals surface area contributed by atoms with Gasteiger partial charge in [-0.25, -0.2) is 4.98 Å². The predicted octanol–water partition coefficient (Wildman–Crippen LogP) is 6.11. The third-order valence-electron chi connectivity index (χ3n) is 5.46. The van der Waals surface area contributed by atoms with Crippen LogP contribution in [0.25, 0.3) is 0 Å². The number of hydrogen-bond acceptors (Lipinski definition) is 2. The molecule has 0 aliphatic rings. The normalized spacial score (nSPS) is 11.1. The van der Waals surface area contributed by atoms with Crippen molar-refractivity contribution in [2.24, 2.45) is 7.05 Å². The second-order valence-electron chi connectivity index (χ2n) is 7.87. The first-order valence-corrected chi connectivity index (χ1v) is 11.4. The zero-order valence-corrected chi connectivity index (χ0v) is 18.4. The summed E-state index contributed by atoms with van der Waals surface area (Å²) in [5.41, 5.74) is 1.71. The van der Waals surface area contributed by atoms with Gasteiger partial charge < -0.3 is 9.88 Å². The molecule has 4 heteroatoms. The van der Waals surface area contributed by atoms with Gasteiger partial charge in [0.15, 0.2) is 0 Å². The number of nitrogens with zero attached hydrogens (tertiary/aromatic N) is 2. The Morgan fingerprint density at radius 3 is 1.81 bits per heavy atom. The minimum atomic E-state index is 0.00490. The lowest BCUT2D eigenvalue weighted by molar-refractivity contribution is 0.0946. The van der Waals surface area contributed by atoms with E-state index in [2.05, 4.69) is 17.2 Å². The number of imidazole rings is 1. The Kier molecular flexibility index (Phi) is 12.9. The molecule has 1 rings (SSSR count). The highest BCUT2D eigenvalue weighted by Crippen LogP contribution is 2.16. The second kappa shape index (κ2) is 14.7. The Bertz CT molecular complexity index is 522. The topological polar surface area (TPSA) is 46.9 Å². The molecule has 0 aliphatic carbocycles. The largest absolute Gasteiger partial charge is 0.351 e. The van der Waals surface area contributed by atoms with Crippen LogP contribution in [0, 0.1) is 6.92 Å². The van der Waals surface area contributed by atoms with Crippen LogP contribution in [0.4, 0.5) is 0 Å². The number of aryl methyl sites for hydroxylation is 2. The third-order valence-corrected chi connectivity index (χ3v) is 5.46. The second-order valence-corrected chi connectivity index (χ2v) is 7.87. The molecule has 0 fully saturated rings. The first kappa shape index (κ1) is 23.7. The maximum Gasteiger partial charge on any atom is 0.269 e. The van der Waals surface area contributed by atoms with Crippen LogP contribution < -0.4 is 5.32 Å². The van der Waals surface area contributed by atoms with Crippen LogP contribution in [0.1, 0.15) is 119 Å². The molecule has 0 aromatic carbocycles. The van der Waals surface area contributed by atoms with Crippen LogP contribution >= 0.6 is 0 Å². The standard InChI is InChI=1S/C23H43N3O/c1-5-7-8-9-10-11-12-13-14-15-16-17-18-19-21-22(23(27)24-6-2)26(4)20(3)25-21/h5-19H2,1-4H3,(H,24,27). The molecule has 0 saturated carbocycles. The fraction of sp³-hybridized carbons (Fsp3) is 0.826. The molecule has 4 nitrogen and oxygen atoms in total. The molecule has 1 aromatic rings. The fourth-order valence-corrected chi connectivity index (χ4v) is 3.69. The molecule has 0 unspecified atom stereocenters. The minimum Gasteiger partial charge on any atom is -0.351 e. The summed E-state index contributed by atoms with van der Waals surface area (Å²) in [5, 5.41) is 2.91. The van der Waals surface area contributed by atoms with Gasteiger partial charge >= 0.3 is 0 Å². The smallest absolute Gasteiger partial charge is 0.269 e. The summed E-state index contributed by atoms with van der Waals surface area (Å²) in [7, 11) is 1.93. The summed E-state index contributed by atoms with van der Waals surface area (Å²) < 4.78 is 1.92. The number of carbonyl (C=O) groups is 1. The summed E-state index contributed by atoms with van der Waals surface area (Å²) in [6.07, 6.45) is 18.6. The molecule has 0 spiro atoms. The minimum absolute atomic E-state index is 0.00490. The monoisotopic (exact) mass is 377 g/mol. The maximum atomic E-state index is 12.3. The Morgan fingerprint density at radius 2 is 1.33 bits per heavy atom. The van der Waals surface area contributed by atoms with Gasteiger partial charge in [-0.05, 0) is 26.7 Å². The average molecular weight is 378 g/mol. The van der Waals surface area contributed by atoms with Gasteiger partial charge in [-0.15, -0.1) is 0 Å². The van der Waals surface area contributed by atoms with Crippen molar-refractivity contribution < 1.29 is 4.79 Å². The Morgan fingerprint density at radius 1 is 0.852 bits per heavy atom. The van der Waals surface area contributed by atoms with Gasteiger partial charge in [-0.2, -0.15) is 0 Å². The summed E-state index contributed by atoms with van der Waals surface area (Å²) in [4.78, 5) is 16.9. The lowest BCUT2D eigenvalue weighted by Crippen LogP contribution is -2.26. The van der Waals surface area contributed by atoms with Gasteiger partial charge in [0, 0.05) is 13.6 Å². The predicted molar refractivity (Wildman–Crippen MR) is 115 cm³/mol. The van der Waals surface area contributed by atoms with E-state index in [1.807, 2.05) is 25.5 Å². The van der Waals surface area contributed by atoms with Crippen molar-refractivity contribution in [1.82, 2.24) is 14.9 Å². The van der Waals surface area contributed by atoms with Crippen LogP contribution in [0.5, 0.6) is 0 Å². The molecule has 1 heterocycles. The molecule has 156 valence electrons. The zero-order chi connectivity index (χ0) is 19.9. The molecule has 1 amide bonds. The lowest BCUT2D eigenvalue weighted by atomic mass is 10.0. The molecule has 0 bridgehead atoms. The molecular formula is C23H43N3O. The van der Waals surface area contributed by atoms with Crippen LogP contribution in [-0.2, 0) is 13.5 Å². The van der Waals surface area contributed by atoms with Crippen molar-refractivity contribution in [1.29, 1.82) is 0 Å². The van der Waals surface area contributed by atoms with E-state index in [0.717, 1.165) is 30.1 Å². The number of nitrogens with one attached hydrogen (secondary N) is 1. The first-order valence-electron chi connectivity index (χ1n) is 11.4. The number of amides is 1. The van der Waals surface area contributed by atoms with Gasteiger partial charge in [-0.1, -0.05) is 84.0 Å². The van der Waals surface area contributed by atoms with E-state index >= 15 is 0 Å². The fourth-order valence-electron chi connectivity index (χ4n) is 3.69. The van der Waals surface area contributed by atoms with Crippen molar-refractivity contribution in [2.45, 2.75) is 111 Å². The Labute approximate surface area is 167 Å². The molecule has 0 atom stereocenters. The van der Waals surface area contributed by atoms with Crippen LogP contribution in [-0.4, -0.2) is 22.0 Å². The highest BCUT2D eigenvalue weighted by Gasteiger charge is 2.18. The van der Waals surface area contributed by atoms with Gasteiger partial charge in [0.1, 0.15) is 11.5 Å². The van der Waals surface area contributed by atoms with Crippen LogP contribution in [0.2, 0.25) is 0 Å². The molecule has 27 heavy (non-hydrogen) atoms. The third kappa shape index (κ3) is 9.44. The highest BCUT2D eigenvalue weighted by molar-refractivity contribution is 5.93. The van der Waals surface area contributed by atoms with E-state index in [4.69, 9.17) is 0 Å². The summed E-state index contributed by atoms with van der Waals surface area (Å²) in [5.74, 6) is 0.922. The van der Waals surface area contributed by atoms with Gasteiger partial charge in [0.2, 0.25) is 0 Å². The van der Waals surface area contributed by atoms with Crippen molar-refractivity contribution in [3.8, 4) is 0 Å². The lowest BCUT2D eigenvalue weighted by Gasteiger charge is -2.07. The first-order chi connectivity index (χ1) is 13.1. The van der Waals surface area contributed by atoms with Crippen molar-refractivity contribution in [3.63, 3.8) is 0 Å². The van der Waals surface area contributed by atoms with Crippen LogP contribution in [0.3, 0.4) is 0 Å². The molecule has 1 N–H and O–H groups in total.